The summed E-state index contributed by atoms with van der Waals surface area (Å²) in [6.45, 7) is 0. The Kier molecular flexibility index (Phi) is 4.89. The van der Waals surface area contributed by atoms with Crippen LogP contribution in [0.25, 0.3) is 0 Å². The fraction of sp³-hybridized carbons (Fsp3) is 0.429. The van der Waals surface area contributed by atoms with E-state index in [0.717, 1.165) is 5.56 Å². The van der Waals surface area contributed by atoms with Gasteiger partial charge < -0.3 is 15.2 Å². The van der Waals surface area contributed by atoms with E-state index in [9.17, 15) is 9.59 Å². The minimum Gasteiger partial charge on any atom is -0.480 e. The van der Waals surface area contributed by atoms with Crippen LogP contribution in [0.5, 0.6) is 5.75 Å². The molecule has 0 radical (unpaired) electrons. The summed E-state index contributed by atoms with van der Waals surface area (Å²) in [6.07, 6.45) is 2.15. The highest BCUT2D eigenvalue weighted by molar-refractivity contribution is 7.98. The third-order valence-corrected chi connectivity index (χ3v) is 3.81. The van der Waals surface area contributed by atoms with Crippen molar-refractivity contribution >= 4 is 23.6 Å². The molecule has 20 heavy (non-hydrogen) atoms. The summed E-state index contributed by atoms with van der Waals surface area (Å²) in [7, 11) is 0. The first-order valence-electron chi connectivity index (χ1n) is 6.38. The lowest BCUT2D eigenvalue weighted by Gasteiger charge is -2.17. The third-order valence-electron chi connectivity index (χ3n) is 3.16. The highest BCUT2D eigenvalue weighted by Crippen LogP contribution is 2.28. The maximum absolute atomic E-state index is 12.1. The van der Waals surface area contributed by atoms with Crippen LogP contribution in [-0.4, -0.2) is 41.1 Å². The number of fused-ring (bicyclic) bond motifs is 1. The van der Waals surface area contributed by atoms with E-state index in [0.29, 0.717) is 24.3 Å². The Balaban J connectivity index is 1.94. The van der Waals surface area contributed by atoms with Gasteiger partial charge in [0, 0.05) is 6.42 Å². The maximum Gasteiger partial charge on any atom is 0.326 e. The van der Waals surface area contributed by atoms with E-state index in [4.69, 9.17) is 9.84 Å². The van der Waals surface area contributed by atoms with Crippen LogP contribution in [0.15, 0.2) is 24.3 Å². The van der Waals surface area contributed by atoms with Gasteiger partial charge >= 0.3 is 5.97 Å². The van der Waals surface area contributed by atoms with Crippen molar-refractivity contribution in [2.24, 2.45) is 0 Å². The van der Waals surface area contributed by atoms with Gasteiger partial charge in [0.25, 0.3) is 5.91 Å². The lowest BCUT2D eigenvalue weighted by atomic mass is 10.1. The van der Waals surface area contributed by atoms with Crippen LogP contribution in [0, 0.1) is 0 Å². The molecule has 2 N–H and O–H groups in total. The molecule has 6 heteroatoms. The summed E-state index contributed by atoms with van der Waals surface area (Å²) in [5.74, 6) is 0.00413. The molecule has 1 aromatic carbocycles. The molecule has 0 saturated carbocycles. The lowest BCUT2D eigenvalue weighted by molar-refractivity contribution is -0.142. The smallest absolute Gasteiger partial charge is 0.326 e. The quantitative estimate of drug-likeness (QED) is 0.827. The number of amides is 1. The SMILES string of the molecule is CSCC[C@@H](NC(=O)C1Cc2ccccc2O1)C(=O)O. The van der Waals surface area contributed by atoms with E-state index in [2.05, 4.69) is 5.32 Å². The summed E-state index contributed by atoms with van der Waals surface area (Å²) in [5, 5.41) is 11.7. The van der Waals surface area contributed by atoms with Gasteiger partial charge in [-0.05, 0) is 30.1 Å². The molecule has 1 aliphatic rings. The zero-order chi connectivity index (χ0) is 14.5. The number of carboxylic acid groups (broad SMARTS) is 1. The molecule has 1 heterocycles. The molecular formula is C14H17NO4S. The van der Waals surface area contributed by atoms with Gasteiger partial charge in [-0.25, -0.2) is 4.79 Å². The molecule has 1 aromatic rings. The third kappa shape index (κ3) is 3.45. The number of ether oxygens (including phenoxy) is 1. The minimum absolute atomic E-state index is 0.366. The van der Waals surface area contributed by atoms with Gasteiger partial charge in [-0.1, -0.05) is 18.2 Å². The van der Waals surface area contributed by atoms with Crippen molar-refractivity contribution in [3.8, 4) is 5.75 Å². The zero-order valence-corrected chi connectivity index (χ0v) is 12.0. The Morgan fingerprint density at radius 1 is 1.50 bits per heavy atom. The van der Waals surface area contributed by atoms with Gasteiger partial charge in [-0.3, -0.25) is 4.79 Å². The van der Waals surface area contributed by atoms with Crippen molar-refractivity contribution in [2.45, 2.75) is 25.0 Å². The highest BCUT2D eigenvalue weighted by Gasteiger charge is 2.31. The largest absolute Gasteiger partial charge is 0.480 e. The number of para-hydroxylation sites is 1. The number of thioether (sulfide) groups is 1. The highest BCUT2D eigenvalue weighted by atomic mass is 32.2. The second kappa shape index (κ2) is 6.65. The molecule has 0 aliphatic carbocycles. The maximum atomic E-state index is 12.1. The zero-order valence-electron chi connectivity index (χ0n) is 11.2. The number of rotatable bonds is 6. The van der Waals surface area contributed by atoms with Crippen molar-refractivity contribution in [1.82, 2.24) is 5.32 Å². The van der Waals surface area contributed by atoms with Gasteiger partial charge in [0.1, 0.15) is 11.8 Å². The molecule has 1 unspecified atom stereocenters. The Hall–Kier alpha value is -1.69. The fourth-order valence-electron chi connectivity index (χ4n) is 2.09. The molecule has 5 nitrogen and oxygen atoms in total. The predicted octanol–water partition coefficient (Wildman–Crippen LogP) is 1.31. The standard InChI is InChI=1S/C14H17NO4S/c1-20-7-6-10(14(17)18)15-13(16)12-8-9-4-2-3-5-11(9)19-12/h2-5,10,12H,6-8H2,1H3,(H,15,16)(H,17,18)/t10-,12?/m1/s1. The van der Waals surface area contributed by atoms with Gasteiger partial charge in [-0.15, -0.1) is 0 Å². The summed E-state index contributed by atoms with van der Waals surface area (Å²) in [4.78, 5) is 23.2. The van der Waals surface area contributed by atoms with Gasteiger partial charge in [0.15, 0.2) is 6.10 Å². The van der Waals surface area contributed by atoms with Crippen molar-refractivity contribution in [1.29, 1.82) is 0 Å². The Labute approximate surface area is 121 Å². The number of carbonyl (C=O) groups is 2. The number of carboxylic acids is 1. The van der Waals surface area contributed by atoms with Crippen molar-refractivity contribution in [3.63, 3.8) is 0 Å². The summed E-state index contributed by atoms with van der Waals surface area (Å²) < 4.78 is 5.54. The van der Waals surface area contributed by atoms with E-state index >= 15 is 0 Å². The molecule has 1 amide bonds. The molecule has 0 spiro atoms. The summed E-state index contributed by atoms with van der Waals surface area (Å²) in [6, 6.07) is 6.59. The van der Waals surface area contributed by atoms with E-state index in [1.165, 1.54) is 0 Å². The minimum atomic E-state index is -1.01. The van der Waals surface area contributed by atoms with Crippen LogP contribution in [0.2, 0.25) is 0 Å². The first kappa shape index (κ1) is 14.7. The number of aliphatic carboxylic acids is 1. The predicted molar refractivity (Wildman–Crippen MR) is 77.1 cm³/mol. The molecule has 0 aromatic heterocycles. The van der Waals surface area contributed by atoms with Gasteiger partial charge in [0.2, 0.25) is 0 Å². The molecule has 0 fully saturated rings. The first-order chi connectivity index (χ1) is 9.61. The average molecular weight is 295 g/mol. The second-order valence-corrected chi connectivity index (χ2v) is 5.58. The van der Waals surface area contributed by atoms with E-state index in [1.54, 1.807) is 11.8 Å². The van der Waals surface area contributed by atoms with E-state index in [-0.39, 0.29) is 5.91 Å². The normalized spacial score (nSPS) is 17.9. The Morgan fingerprint density at radius 2 is 2.25 bits per heavy atom. The molecule has 2 atom stereocenters. The van der Waals surface area contributed by atoms with Crippen LogP contribution in [-0.2, 0) is 16.0 Å². The number of benzene rings is 1. The molecule has 2 rings (SSSR count). The number of nitrogens with one attached hydrogen (secondary N) is 1. The van der Waals surface area contributed by atoms with Crippen LogP contribution in [0.1, 0.15) is 12.0 Å². The summed E-state index contributed by atoms with van der Waals surface area (Å²) >= 11 is 1.55. The topological polar surface area (TPSA) is 75.6 Å². The van der Waals surface area contributed by atoms with Gasteiger partial charge in [-0.2, -0.15) is 11.8 Å². The Morgan fingerprint density at radius 3 is 2.90 bits per heavy atom. The van der Waals surface area contributed by atoms with Crippen LogP contribution in [0.4, 0.5) is 0 Å². The average Bonchev–Trinajstić information content (AvgIpc) is 2.86. The number of carbonyl (C=O) groups excluding carboxylic acids is 1. The fourth-order valence-corrected chi connectivity index (χ4v) is 2.56. The molecule has 0 saturated heterocycles. The van der Waals surface area contributed by atoms with E-state index < -0.39 is 18.1 Å². The summed E-state index contributed by atoms with van der Waals surface area (Å²) in [5.41, 5.74) is 0.976. The second-order valence-electron chi connectivity index (χ2n) is 4.60. The number of hydrogen-bond acceptors (Lipinski definition) is 4. The van der Waals surface area contributed by atoms with Crippen molar-refractivity contribution in [2.75, 3.05) is 12.0 Å². The van der Waals surface area contributed by atoms with Crippen LogP contribution < -0.4 is 10.1 Å². The molecular weight excluding hydrogens is 278 g/mol. The van der Waals surface area contributed by atoms with Crippen molar-refractivity contribution < 1.29 is 19.4 Å². The van der Waals surface area contributed by atoms with Gasteiger partial charge in [0.05, 0.1) is 0 Å². The molecule has 0 bridgehead atoms. The molecule has 108 valence electrons. The lowest BCUT2D eigenvalue weighted by Crippen LogP contribution is -2.47. The monoisotopic (exact) mass is 295 g/mol. The van der Waals surface area contributed by atoms with E-state index in [1.807, 2.05) is 30.5 Å². The van der Waals surface area contributed by atoms with Crippen LogP contribution >= 0.6 is 11.8 Å². The van der Waals surface area contributed by atoms with Crippen LogP contribution in [0.3, 0.4) is 0 Å². The Bertz CT molecular complexity index is 481. The number of hydrogen-bond donors (Lipinski definition) is 2. The van der Waals surface area contributed by atoms with Crippen molar-refractivity contribution in [3.05, 3.63) is 29.8 Å². The molecule has 1 aliphatic heterocycles. The first-order valence-corrected chi connectivity index (χ1v) is 7.78.